The molecule has 1 fully saturated rings. The fraction of sp³-hybridized carbons (Fsp3) is 0.381. The number of pyridine rings is 2. The first kappa shape index (κ1) is 20.3. The van der Waals surface area contributed by atoms with E-state index in [1.165, 1.54) is 6.08 Å². The van der Waals surface area contributed by atoms with E-state index in [1.807, 2.05) is 18.3 Å². The van der Waals surface area contributed by atoms with Crippen LogP contribution in [0.4, 0.5) is 5.82 Å². The number of halogens is 1. The molecule has 0 amide bonds. The minimum absolute atomic E-state index is 0.339. The van der Waals surface area contributed by atoms with E-state index in [0.29, 0.717) is 23.5 Å². The first-order chi connectivity index (χ1) is 13.6. The van der Waals surface area contributed by atoms with Crippen LogP contribution in [0.25, 0.3) is 6.08 Å². The SMILES string of the molecule is CCOC(=O)/C=C/c1cnc(NC2CCN(Cc3ccccn3)CC2)c(Cl)c1. The third-order valence-electron chi connectivity index (χ3n) is 4.60. The molecule has 0 radical (unpaired) electrons. The maximum absolute atomic E-state index is 11.4. The largest absolute Gasteiger partial charge is 0.463 e. The van der Waals surface area contributed by atoms with Crippen LogP contribution in [0, 0.1) is 0 Å². The van der Waals surface area contributed by atoms with Gasteiger partial charge in [0.15, 0.2) is 0 Å². The lowest BCUT2D eigenvalue weighted by Crippen LogP contribution is -2.39. The fourth-order valence-electron chi connectivity index (χ4n) is 3.15. The van der Waals surface area contributed by atoms with Crippen LogP contribution in [0.5, 0.6) is 0 Å². The number of nitrogens with one attached hydrogen (secondary N) is 1. The predicted octanol–water partition coefficient (Wildman–Crippen LogP) is 3.78. The minimum atomic E-state index is -0.377. The molecule has 0 atom stereocenters. The topological polar surface area (TPSA) is 67.3 Å². The van der Waals surface area contributed by atoms with Crippen LogP contribution in [0.2, 0.25) is 5.02 Å². The number of carbonyl (C=O) groups excluding carboxylic acids is 1. The molecule has 1 saturated heterocycles. The molecule has 0 aromatic carbocycles. The highest BCUT2D eigenvalue weighted by atomic mass is 35.5. The molecule has 2 aromatic rings. The Morgan fingerprint density at radius 1 is 1.36 bits per heavy atom. The average molecular weight is 401 g/mol. The van der Waals surface area contributed by atoms with Crippen molar-refractivity contribution >= 4 is 29.5 Å². The van der Waals surface area contributed by atoms with Gasteiger partial charge in [-0.25, -0.2) is 9.78 Å². The highest BCUT2D eigenvalue weighted by molar-refractivity contribution is 6.33. The summed E-state index contributed by atoms with van der Waals surface area (Å²) in [5.41, 5.74) is 1.86. The molecule has 0 aliphatic carbocycles. The van der Waals surface area contributed by atoms with E-state index in [-0.39, 0.29) is 5.97 Å². The molecule has 148 valence electrons. The summed E-state index contributed by atoms with van der Waals surface area (Å²) in [5.74, 6) is 0.302. The highest BCUT2D eigenvalue weighted by Gasteiger charge is 2.20. The van der Waals surface area contributed by atoms with Crippen molar-refractivity contribution in [1.82, 2.24) is 14.9 Å². The molecular formula is C21H25ClN4O2. The van der Waals surface area contributed by atoms with Crippen molar-refractivity contribution in [2.75, 3.05) is 25.0 Å². The first-order valence-corrected chi connectivity index (χ1v) is 9.91. The zero-order valence-corrected chi connectivity index (χ0v) is 16.7. The van der Waals surface area contributed by atoms with E-state index in [0.717, 1.165) is 43.7 Å². The monoisotopic (exact) mass is 400 g/mol. The molecule has 1 aliphatic heterocycles. The molecule has 6 nitrogen and oxygen atoms in total. The Morgan fingerprint density at radius 2 is 2.18 bits per heavy atom. The first-order valence-electron chi connectivity index (χ1n) is 9.53. The Kier molecular flexibility index (Phi) is 7.39. The van der Waals surface area contributed by atoms with Crippen LogP contribution in [0.3, 0.4) is 0 Å². The van der Waals surface area contributed by atoms with Crippen LogP contribution in [0.15, 0.2) is 42.7 Å². The number of ether oxygens (including phenoxy) is 1. The summed E-state index contributed by atoms with van der Waals surface area (Å²) in [4.78, 5) is 22.6. The predicted molar refractivity (Wildman–Crippen MR) is 111 cm³/mol. The molecule has 3 rings (SSSR count). The van der Waals surface area contributed by atoms with Crippen molar-refractivity contribution in [2.24, 2.45) is 0 Å². The van der Waals surface area contributed by atoms with Gasteiger partial charge in [-0.2, -0.15) is 0 Å². The van der Waals surface area contributed by atoms with Crippen LogP contribution >= 0.6 is 11.6 Å². The van der Waals surface area contributed by atoms with Crippen molar-refractivity contribution in [1.29, 1.82) is 0 Å². The number of hydrogen-bond donors (Lipinski definition) is 1. The van der Waals surface area contributed by atoms with Crippen molar-refractivity contribution in [3.63, 3.8) is 0 Å². The molecular weight excluding hydrogens is 376 g/mol. The number of hydrogen-bond acceptors (Lipinski definition) is 6. The van der Waals surface area contributed by atoms with Gasteiger partial charge in [0.1, 0.15) is 5.82 Å². The summed E-state index contributed by atoms with van der Waals surface area (Å²) in [7, 11) is 0. The Balaban J connectivity index is 1.50. The molecule has 0 saturated carbocycles. The van der Waals surface area contributed by atoms with Gasteiger partial charge < -0.3 is 10.1 Å². The van der Waals surface area contributed by atoms with E-state index < -0.39 is 0 Å². The maximum Gasteiger partial charge on any atom is 0.330 e. The molecule has 3 heterocycles. The van der Waals surface area contributed by atoms with E-state index >= 15 is 0 Å². The van der Waals surface area contributed by atoms with Crippen LogP contribution in [-0.2, 0) is 16.1 Å². The summed E-state index contributed by atoms with van der Waals surface area (Å²) in [6.07, 6.45) is 8.60. The van der Waals surface area contributed by atoms with Crippen molar-refractivity contribution in [3.8, 4) is 0 Å². The smallest absolute Gasteiger partial charge is 0.330 e. The van der Waals surface area contributed by atoms with E-state index in [1.54, 1.807) is 25.3 Å². The number of rotatable bonds is 7. The Hall–Kier alpha value is -2.44. The second-order valence-corrected chi connectivity index (χ2v) is 7.11. The van der Waals surface area contributed by atoms with Crippen LogP contribution in [-0.4, -0.2) is 46.6 Å². The zero-order chi connectivity index (χ0) is 19.8. The summed E-state index contributed by atoms with van der Waals surface area (Å²) < 4.78 is 4.86. The van der Waals surface area contributed by atoms with E-state index in [2.05, 4.69) is 26.3 Å². The number of esters is 1. The van der Waals surface area contributed by atoms with Gasteiger partial charge in [-0.05, 0) is 49.6 Å². The quantitative estimate of drug-likeness (QED) is 0.563. The third-order valence-corrected chi connectivity index (χ3v) is 4.89. The van der Waals surface area contributed by atoms with Crippen molar-refractivity contribution < 1.29 is 9.53 Å². The Bertz CT molecular complexity index is 805. The van der Waals surface area contributed by atoms with Crippen molar-refractivity contribution in [3.05, 3.63) is 59.0 Å². The number of aromatic nitrogens is 2. The standard InChI is InChI=1S/C21H25ClN4O2/c1-2-28-20(27)7-6-16-13-19(22)21(24-14-16)25-17-8-11-26(12-9-17)15-18-5-3-4-10-23-18/h3-7,10,13-14,17H,2,8-9,11-12,15H2,1H3,(H,24,25)/b7-6+. The van der Waals surface area contributed by atoms with Gasteiger partial charge in [-0.15, -0.1) is 0 Å². The highest BCUT2D eigenvalue weighted by Crippen LogP contribution is 2.24. The van der Waals surface area contributed by atoms with Crippen LogP contribution in [0.1, 0.15) is 31.0 Å². The van der Waals surface area contributed by atoms with Gasteiger partial charge in [0, 0.05) is 44.1 Å². The maximum atomic E-state index is 11.4. The molecule has 7 heteroatoms. The van der Waals surface area contributed by atoms with E-state index in [9.17, 15) is 4.79 Å². The van der Waals surface area contributed by atoms with Gasteiger partial charge in [-0.3, -0.25) is 9.88 Å². The lowest BCUT2D eigenvalue weighted by Gasteiger charge is -2.32. The number of piperidine rings is 1. The molecule has 28 heavy (non-hydrogen) atoms. The normalized spacial score (nSPS) is 15.6. The second kappa shape index (κ2) is 10.2. The molecule has 0 unspecified atom stereocenters. The lowest BCUT2D eigenvalue weighted by atomic mass is 10.0. The molecule has 0 bridgehead atoms. The molecule has 0 spiro atoms. The van der Waals surface area contributed by atoms with Gasteiger partial charge in [-0.1, -0.05) is 17.7 Å². The summed E-state index contributed by atoms with van der Waals surface area (Å²) in [5, 5.41) is 3.99. The number of nitrogens with zero attached hydrogens (tertiary/aromatic N) is 3. The van der Waals surface area contributed by atoms with Gasteiger partial charge >= 0.3 is 5.97 Å². The third kappa shape index (κ3) is 6.04. The Labute approximate surface area is 170 Å². The molecule has 1 N–H and O–H groups in total. The molecule has 2 aromatic heterocycles. The second-order valence-electron chi connectivity index (χ2n) is 6.70. The van der Waals surface area contributed by atoms with E-state index in [4.69, 9.17) is 16.3 Å². The lowest BCUT2D eigenvalue weighted by molar-refractivity contribution is -0.137. The molecule has 1 aliphatic rings. The number of carbonyl (C=O) groups is 1. The Morgan fingerprint density at radius 3 is 2.86 bits per heavy atom. The van der Waals surface area contributed by atoms with Gasteiger partial charge in [0.25, 0.3) is 0 Å². The summed E-state index contributed by atoms with van der Waals surface area (Å²) in [6, 6.07) is 8.16. The van der Waals surface area contributed by atoms with Crippen LogP contribution < -0.4 is 5.32 Å². The fourth-order valence-corrected chi connectivity index (χ4v) is 3.38. The zero-order valence-electron chi connectivity index (χ0n) is 16.0. The number of likely N-dealkylation sites (tertiary alicyclic amines) is 1. The van der Waals surface area contributed by atoms with Gasteiger partial charge in [0.2, 0.25) is 0 Å². The van der Waals surface area contributed by atoms with Crippen molar-refractivity contribution in [2.45, 2.75) is 32.4 Å². The van der Waals surface area contributed by atoms with Gasteiger partial charge in [0.05, 0.1) is 17.3 Å². The summed E-state index contributed by atoms with van der Waals surface area (Å²) in [6.45, 7) is 5.02. The number of anilines is 1. The summed E-state index contributed by atoms with van der Waals surface area (Å²) >= 11 is 6.37. The minimum Gasteiger partial charge on any atom is -0.463 e. The average Bonchev–Trinajstić information content (AvgIpc) is 2.71.